The van der Waals surface area contributed by atoms with Gasteiger partial charge in [-0.25, -0.2) is 0 Å². The summed E-state index contributed by atoms with van der Waals surface area (Å²) in [5.74, 6) is 0. The summed E-state index contributed by atoms with van der Waals surface area (Å²) in [4.78, 5) is 2.52. The number of methoxy groups -OCH3 is 1. The highest BCUT2D eigenvalue weighted by Crippen LogP contribution is 2.43. The van der Waals surface area contributed by atoms with Gasteiger partial charge in [0.2, 0.25) is 0 Å². The monoisotopic (exact) mass is 169 g/mol. The van der Waals surface area contributed by atoms with Crippen molar-refractivity contribution in [3.05, 3.63) is 0 Å². The molecule has 0 radical (unpaired) electrons. The van der Waals surface area contributed by atoms with Crippen molar-refractivity contribution in [3.63, 3.8) is 0 Å². The maximum absolute atomic E-state index is 5.58. The van der Waals surface area contributed by atoms with Crippen LogP contribution in [0, 0.1) is 0 Å². The van der Waals surface area contributed by atoms with Crippen LogP contribution in [0.4, 0.5) is 0 Å². The molecule has 2 fully saturated rings. The van der Waals surface area contributed by atoms with Crippen molar-refractivity contribution in [1.29, 1.82) is 0 Å². The molecule has 0 N–H and O–H groups in total. The van der Waals surface area contributed by atoms with Crippen LogP contribution in [-0.2, 0) is 4.74 Å². The van der Waals surface area contributed by atoms with E-state index in [0.717, 1.165) is 0 Å². The van der Waals surface area contributed by atoms with Crippen molar-refractivity contribution in [2.24, 2.45) is 0 Å². The summed E-state index contributed by atoms with van der Waals surface area (Å²) >= 11 is 0. The molecule has 0 aromatic heterocycles. The Bertz CT molecular complexity index is 167. The minimum Gasteiger partial charge on any atom is -0.380 e. The fraction of sp³-hybridized carbons (Fsp3) is 1.00. The number of ether oxygens (including phenoxy) is 1. The average Bonchev–Trinajstić information content (AvgIpc) is 2.62. The van der Waals surface area contributed by atoms with Gasteiger partial charge in [-0.05, 0) is 45.7 Å². The molecule has 1 saturated carbocycles. The Morgan fingerprint density at radius 1 is 1.33 bits per heavy atom. The van der Waals surface area contributed by atoms with E-state index in [1.807, 2.05) is 7.11 Å². The van der Waals surface area contributed by atoms with Gasteiger partial charge in [-0.15, -0.1) is 0 Å². The molecule has 1 aliphatic heterocycles. The Balaban J connectivity index is 2.17. The maximum Gasteiger partial charge on any atom is 0.0754 e. The Kier molecular flexibility index (Phi) is 2.13. The van der Waals surface area contributed by atoms with E-state index in [4.69, 9.17) is 4.74 Å². The molecule has 2 nitrogen and oxygen atoms in total. The van der Waals surface area contributed by atoms with Crippen LogP contribution in [0.5, 0.6) is 0 Å². The van der Waals surface area contributed by atoms with Crippen LogP contribution in [0.25, 0.3) is 0 Å². The predicted octanol–water partition coefficient (Wildman–Crippen LogP) is 1.65. The first-order chi connectivity index (χ1) is 5.79. The molecule has 0 bridgehead atoms. The van der Waals surface area contributed by atoms with Crippen molar-refractivity contribution in [2.75, 3.05) is 20.7 Å². The SMILES string of the molecule is COC1CCCC12CCCN2C. The number of likely N-dealkylation sites (tertiary alicyclic amines) is 1. The second kappa shape index (κ2) is 3.00. The van der Waals surface area contributed by atoms with Gasteiger partial charge in [0.25, 0.3) is 0 Å². The Morgan fingerprint density at radius 2 is 2.08 bits per heavy atom. The van der Waals surface area contributed by atoms with Gasteiger partial charge in [0.15, 0.2) is 0 Å². The van der Waals surface area contributed by atoms with E-state index < -0.39 is 0 Å². The highest BCUT2D eigenvalue weighted by atomic mass is 16.5. The van der Waals surface area contributed by atoms with E-state index in [2.05, 4.69) is 11.9 Å². The maximum atomic E-state index is 5.58. The Labute approximate surface area is 74.9 Å². The highest BCUT2D eigenvalue weighted by molar-refractivity contribution is 5.04. The summed E-state index contributed by atoms with van der Waals surface area (Å²) in [5.41, 5.74) is 0.425. The van der Waals surface area contributed by atoms with Crippen LogP contribution in [0.15, 0.2) is 0 Å². The molecule has 2 atom stereocenters. The van der Waals surface area contributed by atoms with Gasteiger partial charge in [-0.1, -0.05) is 0 Å². The van der Waals surface area contributed by atoms with E-state index in [1.165, 1.54) is 38.6 Å². The van der Waals surface area contributed by atoms with Gasteiger partial charge < -0.3 is 4.74 Å². The van der Waals surface area contributed by atoms with Crippen LogP contribution >= 0.6 is 0 Å². The zero-order chi connectivity index (χ0) is 8.60. The van der Waals surface area contributed by atoms with Gasteiger partial charge in [0.1, 0.15) is 0 Å². The quantitative estimate of drug-likeness (QED) is 0.592. The second-order valence-corrected chi connectivity index (χ2v) is 4.25. The summed E-state index contributed by atoms with van der Waals surface area (Å²) < 4.78 is 5.58. The standard InChI is InChI=1S/C10H19NO/c1-11-8-4-7-10(11)6-3-5-9(10)12-2/h9H,3-8H2,1-2H3. The predicted molar refractivity (Wildman–Crippen MR) is 49.2 cm³/mol. The van der Waals surface area contributed by atoms with Crippen molar-refractivity contribution < 1.29 is 4.74 Å². The zero-order valence-electron chi connectivity index (χ0n) is 8.18. The molecule has 70 valence electrons. The van der Waals surface area contributed by atoms with Crippen LogP contribution in [-0.4, -0.2) is 37.2 Å². The van der Waals surface area contributed by atoms with Crippen molar-refractivity contribution in [2.45, 2.75) is 43.7 Å². The van der Waals surface area contributed by atoms with E-state index in [-0.39, 0.29) is 0 Å². The molecule has 2 aliphatic rings. The zero-order valence-corrected chi connectivity index (χ0v) is 8.18. The van der Waals surface area contributed by atoms with Gasteiger partial charge >= 0.3 is 0 Å². The third-order valence-electron chi connectivity index (χ3n) is 3.82. The fourth-order valence-corrected chi connectivity index (χ4v) is 3.12. The first-order valence-corrected chi connectivity index (χ1v) is 5.04. The summed E-state index contributed by atoms with van der Waals surface area (Å²) in [5, 5.41) is 0. The number of likely N-dealkylation sites (N-methyl/N-ethyl adjacent to an activating group) is 1. The first kappa shape index (κ1) is 8.52. The van der Waals surface area contributed by atoms with Crippen molar-refractivity contribution in [1.82, 2.24) is 4.90 Å². The molecule has 1 aliphatic carbocycles. The summed E-state index contributed by atoms with van der Waals surface area (Å²) in [6.07, 6.45) is 7.18. The molecule has 2 rings (SSSR count). The fourth-order valence-electron chi connectivity index (χ4n) is 3.12. The molecule has 2 unspecified atom stereocenters. The lowest BCUT2D eigenvalue weighted by Gasteiger charge is -2.37. The van der Waals surface area contributed by atoms with Crippen molar-refractivity contribution >= 4 is 0 Å². The number of nitrogens with zero attached hydrogens (tertiary/aromatic N) is 1. The van der Waals surface area contributed by atoms with E-state index in [9.17, 15) is 0 Å². The second-order valence-electron chi connectivity index (χ2n) is 4.25. The molecular weight excluding hydrogens is 150 g/mol. The molecule has 0 amide bonds. The smallest absolute Gasteiger partial charge is 0.0754 e. The van der Waals surface area contributed by atoms with Crippen LogP contribution in [0.2, 0.25) is 0 Å². The minimum absolute atomic E-state index is 0.425. The summed E-state index contributed by atoms with van der Waals surface area (Å²) in [7, 11) is 4.12. The lowest BCUT2D eigenvalue weighted by molar-refractivity contribution is -0.00358. The van der Waals surface area contributed by atoms with Gasteiger partial charge in [0.05, 0.1) is 6.10 Å². The Morgan fingerprint density at radius 3 is 2.67 bits per heavy atom. The molecule has 0 aromatic rings. The van der Waals surface area contributed by atoms with E-state index >= 15 is 0 Å². The average molecular weight is 169 g/mol. The Hall–Kier alpha value is -0.0800. The lowest BCUT2D eigenvalue weighted by atomic mass is 9.92. The molecule has 1 spiro atoms. The van der Waals surface area contributed by atoms with Crippen LogP contribution in [0.1, 0.15) is 32.1 Å². The molecular formula is C10H19NO. The van der Waals surface area contributed by atoms with E-state index in [1.54, 1.807) is 0 Å². The van der Waals surface area contributed by atoms with Crippen LogP contribution in [0.3, 0.4) is 0 Å². The number of hydrogen-bond donors (Lipinski definition) is 0. The molecule has 1 saturated heterocycles. The number of hydrogen-bond acceptors (Lipinski definition) is 2. The summed E-state index contributed by atoms with van der Waals surface area (Å²) in [6.45, 7) is 1.26. The topological polar surface area (TPSA) is 12.5 Å². The molecule has 2 heteroatoms. The van der Waals surface area contributed by atoms with Crippen LogP contribution < -0.4 is 0 Å². The highest BCUT2D eigenvalue weighted by Gasteiger charge is 2.48. The third kappa shape index (κ3) is 1.01. The van der Waals surface area contributed by atoms with Gasteiger partial charge in [0, 0.05) is 12.6 Å². The normalized spacial score (nSPS) is 43.0. The first-order valence-electron chi connectivity index (χ1n) is 5.04. The largest absolute Gasteiger partial charge is 0.380 e. The molecule has 1 heterocycles. The lowest BCUT2D eigenvalue weighted by Crippen LogP contribution is -2.48. The van der Waals surface area contributed by atoms with Gasteiger partial charge in [-0.3, -0.25) is 4.90 Å². The third-order valence-corrected chi connectivity index (χ3v) is 3.82. The number of rotatable bonds is 1. The molecule has 0 aromatic carbocycles. The molecule has 12 heavy (non-hydrogen) atoms. The minimum atomic E-state index is 0.425. The van der Waals surface area contributed by atoms with Crippen molar-refractivity contribution in [3.8, 4) is 0 Å². The van der Waals surface area contributed by atoms with Gasteiger partial charge in [-0.2, -0.15) is 0 Å². The van der Waals surface area contributed by atoms with E-state index in [0.29, 0.717) is 11.6 Å². The summed E-state index contributed by atoms with van der Waals surface area (Å²) in [6, 6.07) is 0.